The fraction of sp³-hybridized carbons (Fsp3) is 0.706. The summed E-state index contributed by atoms with van der Waals surface area (Å²) in [6.07, 6.45) is 2.58. The van der Waals surface area contributed by atoms with E-state index in [-0.39, 0.29) is 25.0 Å². The third-order valence-corrected chi connectivity index (χ3v) is 5.90. The van der Waals surface area contributed by atoms with Gasteiger partial charge in [0.05, 0.1) is 11.4 Å². The van der Waals surface area contributed by atoms with E-state index in [0.717, 1.165) is 36.5 Å². The summed E-state index contributed by atoms with van der Waals surface area (Å²) in [6, 6.07) is 2.12. The minimum Gasteiger partial charge on any atom is -0.396 e. The molecule has 4 atom stereocenters. The molecular formula is C17H25N5O2. The van der Waals surface area contributed by atoms with Gasteiger partial charge in [-0.1, -0.05) is 13.8 Å². The van der Waals surface area contributed by atoms with Crippen molar-refractivity contribution in [1.82, 2.24) is 19.8 Å². The number of hydrogen-bond acceptors (Lipinski definition) is 6. The molecule has 0 bridgehead atoms. The van der Waals surface area contributed by atoms with E-state index >= 15 is 0 Å². The number of anilines is 1. The van der Waals surface area contributed by atoms with E-state index in [1.807, 2.05) is 0 Å². The number of aliphatic hydroxyl groups excluding tert-OH is 2. The zero-order valence-corrected chi connectivity index (χ0v) is 14.2. The maximum absolute atomic E-state index is 9.70. The van der Waals surface area contributed by atoms with Crippen LogP contribution in [-0.4, -0.2) is 56.3 Å². The number of rotatable bonds is 4. The molecule has 3 heterocycles. The summed E-state index contributed by atoms with van der Waals surface area (Å²) in [6.45, 7) is 6.47. The molecule has 4 rings (SSSR count). The van der Waals surface area contributed by atoms with Crippen molar-refractivity contribution in [3.63, 3.8) is 0 Å². The molecule has 130 valence electrons. The number of hydrogen-bond donors (Lipinski definition) is 2. The van der Waals surface area contributed by atoms with Crippen LogP contribution in [0.3, 0.4) is 0 Å². The molecule has 0 unspecified atom stereocenters. The van der Waals surface area contributed by atoms with E-state index in [0.29, 0.717) is 17.8 Å². The normalized spacial score (nSPS) is 29.8. The van der Waals surface area contributed by atoms with Crippen molar-refractivity contribution in [2.24, 2.45) is 23.7 Å². The molecule has 1 saturated heterocycles. The average molecular weight is 331 g/mol. The van der Waals surface area contributed by atoms with Gasteiger partial charge in [0, 0.05) is 26.3 Å². The van der Waals surface area contributed by atoms with Crippen molar-refractivity contribution in [2.75, 3.05) is 31.2 Å². The van der Waals surface area contributed by atoms with Gasteiger partial charge < -0.3 is 15.1 Å². The van der Waals surface area contributed by atoms with Crippen LogP contribution in [-0.2, 0) is 0 Å². The van der Waals surface area contributed by atoms with Gasteiger partial charge in [-0.25, -0.2) is 0 Å². The molecule has 24 heavy (non-hydrogen) atoms. The molecular weight excluding hydrogens is 306 g/mol. The number of nitrogens with zero attached hydrogens (tertiary/aromatic N) is 5. The van der Waals surface area contributed by atoms with Gasteiger partial charge in [0.1, 0.15) is 6.33 Å². The SMILES string of the molecule is CC(C)c1cc(N2C[C@@H]3[C@H](CO)C[C@H](CO)[C@@H]3C2)c2nncn2n1. The maximum atomic E-state index is 9.70. The molecule has 1 aliphatic carbocycles. The molecule has 0 radical (unpaired) electrons. The van der Waals surface area contributed by atoms with Gasteiger partial charge in [0.15, 0.2) is 0 Å². The fourth-order valence-electron chi connectivity index (χ4n) is 4.55. The molecule has 7 heteroatoms. The van der Waals surface area contributed by atoms with Crippen LogP contribution >= 0.6 is 0 Å². The standard InChI is InChI=1S/C17H25N5O2/c1-10(2)15-4-16(17-19-18-9-22(17)20-15)21-5-13-11(7-23)3-12(8-24)14(13)6-21/h4,9-14,23-24H,3,5-8H2,1-2H3/t11-,12+,13+,14-. The molecule has 2 aliphatic rings. The molecule has 7 nitrogen and oxygen atoms in total. The zero-order valence-electron chi connectivity index (χ0n) is 14.2. The molecule has 2 aromatic rings. The highest BCUT2D eigenvalue weighted by Gasteiger charge is 2.48. The Morgan fingerprint density at radius 2 is 1.83 bits per heavy atom. The van der Waals surface area contributed by atoms with Crippen molar-refractivity contribution in [3.05, 3.63) is 18.1 Å². The first-order valence-corrected chi connectivity index (χ1v) is 8.80. The largest absolute Gasteiger partial charge is 0.396 e. The monoisotopic (exact) mass is 331 g/mol. The Labute approximate surface area is 141 Å². The van der Waals surface area contributed by atoms with Crippen molar-refractivity contribution in [2.45, 2.75) is 26.2 Å². The van der Waals surface area contributed by atoms with Gasteiger partial charge in [-0.2, -0.15) is 9.61 Å². The van der Waals surface area contributed by atoms with Crippen LogP contribution in [0.2, 0.25) is 0 Å². The summed E-state index contributed by atoms with van der Waals surface area (Å²) in [5.74, 6) is 1.78. The Morgan fingerprint density at radius 3 is 2.42 bits per heavy atom. The second kappa shape index (κ2) is 5.97. The Morgan fingerprint density at radius 1 is 1.17 bits per heavy atom. The number of aliphatic hydroxyl groups is 2. The van der Waals surface area contributed by atoms with E-state index in [1.54, 1.807) is 10.8 Å². The van der Waals surface area contributed by atoms with Crippen LogP contribution in [0.25, 0.3) is 5.65 Å². The lowest BCUT2D eigenvalue weighted by atomic mass is 9.91. The molecule has 0 spiro atoms. The molecule has 2 fully saturated rings. The summed E-state index contributed by atoms with van der Waals surface area (Å²) >= 11 is 0. The van der Waals surface area contributed by atoms with E-state index in [4.69, 9.17) is 0 Å². The molecule has 1 aliphatic heterocycles. The zero-order chi connectivity index (χ0) is 16.8. The van der Waals surface area contributed by atoms with Crippen molar-refractivity contribution in [1.29, 1.82) is 0 Å². The van der Waals surface area contributed by atoms with E-state index in [2.05, 4.69) is 40.1 Å². The van der Waals surface area contributed by atoms with Crippen molar-refractivity contribution >= 4 is 11.3 Å². The van der Waals surface area contributed by atoms with Crippen LogP contribution in [0.5, 0.6) is 0 Å². The van der Waals surface area contributed by atoms with E-state index in [1.165, 1.54) is 0 Å². The van der Waals surface area contributed by atoms with Crippen LogP contribution in [0, 0.1) is 23.7 Å². The van der Waals surface area contributed by atoms with Crippen molar-refractivity contribution in [3.8, 4) is 0 Å². The molecule has 1 saturated carbocycles. The number of fused-ring (bicyclic) bond motifs is 2. The molecule has 2 N–H and O–H groups in total. The Balaban J connectivity index is 1.70. The summed E-state index contributed by atoms with van der Waals surface area (Å²) in [4.78, 5) is 2.34. The summed E-state index contributed by atoms with van der Waals surface area (Å²) in [5, 5.41) is 32.2. The van der Waals surface area contributed by atoms with Crippen LogP contribution in [0.1, 0.15) is 31.9 Å². The lowest BCUT2D eigenvalue weighted by molar-refractivity contribution is 0.188. The smallest absolute Gasteiger partial charge is 0.200 e. The quantitative estimate of drug-likeness (QED) is 0.866. The molecule has 0 amide bonds. The van der Waals surface area contributed by atoms with E-state index < -0.39 is 0 Å². The van der Waals surface area contributed by atoms with Gasteiger partial charge in [-0.05, 0) is 42.1 Å². The van der Waals surface area contributed by atoms with E-state index in [9.17, 15) is 10.2 Å². The van der Waals surface area contributed by atoms with Gasteiger partial charge in [0.25, 0.3) is 0 Å². The van der Waals surface area contributed by atoms with Crippen LogP contribution in [0.15, 0.2) is 12.4 Å². The predicted octanol–water partition coefficient (Wildman–Crippen LogP) is 0.921. The lowest BCUT2D eigenvalue weighted by Crippen LogP contribution is -2.26. The Kier molecular flexibility index (Phi) is 3.92. The highest BCUT2D eigenvalue weighted by atomic mass is 16.3. The Hall–Kier alpha value is -1.73. The first-order valence-electron chi connectivity index (χ1n) is 8.80. The topological polar surface area (TPSA) is 86.8 Å². The summed E-state index contributed by atoms with van der Waals surface area (Å²) < 4.78 is 1.76. The predicted molar refractivity (Wildman–Crippen MR) is 89.8 cm³/mol. The second-order valence-corrected chi connectivity index (χ2v) is 7.56. The minimum atomic E-state index is 0.208. The third-order valence-electron chi connectivity index (χ3n) is 5.90. The first-order chi connectivity index (χ1) is 11.6. The fourth-order valence-corrected chi connectivity index (χ4v) is 4.55. The van der Waals surface area contributed by atoms with Crippen molar-refractivity contribution < 1.29 is 10.2 Å². The summed E-state index contributed by atoms with van der Waals surface area (Å²) in [5.41, 5.74) is 2.86. The summed E-state index contributed by atoms with van der Waals surface area (Å²) in [7, 11) is 0. The molecule has 2 aromatic heterocycles. The van der Waals surface area contributed by atoms with Gasteiger partial charge >= 0.3 is 0 Å². The second-order valence-electron chi connectivity index (χ2n) is 7.56. The highest BCUT2D eigenvalue weighted by Crippen LogP contribution is 2.47. The van der Waals surface area contributed by atoms with Gasteiger partial charge in [-0.15, -0.1) is 10.2 Å². The lowest BCUT2D eigenvalue weighted by Gasteiger charge is -2.23. The van der Waals surface area contributed by atoms with Crippen LogP contribution < -0.4 is 4.90 Å². The highest BCUT2D eigenvalue weighted by molar-refractivity contribution is 5.69. The van der Waals surface area contributed by atoms with Gasteiger partial charge in [0.2, 0.25) is 5.65 Å². The third kappa shape index (κ3) is 2.38. The number of aromatic nitrogens is 4. The minimum absolute atomic E-state index is 0.208. The Bertz CT molecular complexity index is 713. The average Bonchev–Trinajstić information content (AvgIpc) is 3.27. The van der Waals surface area contributed by atoms with Gasteiger partial charge in [-0.3, -0.25) is 0 Å². The maximum Gasteiger partial charge on any atom is 0.200 e. The first kappa shape index (κ1) is 15.8. The molecule has 0 aromatic carbocycles. The van der Waals surface area contributed by atoms with Crippen LogP contribution in [0.4, 0.5) is 5.69 Å².